The van der Waals surface area contributed by atoms with Gasteiger partial charge in [0.05, 0.1) is 6.10 Å². The molecule has 0 aliphatic heterocycles. The van der Waals surface area contributed by atoms with Gasteiger partial charge in [-0.15, -0.1) is 0 Å². The van der Waals surface area contributed by atoms with Gasteiger partial charge >= 0.3 is 5.97 Å². The van der Waals surface area contributed by atoms with Crippen LogP contribution in [-0.4, -0.2) is 22.2 Å². The van der Waals surface area contributed by atoms with E-state index in [9.17, 15) is 9.90 Å². The molecule has 1 atom stereocenters. The third-order valence-electron chi connectivity index (χ3n) is 4.90. The fourth-order valence-corrected chi connectivity index (χ4v) is 3.33. The van der Waals surface area contributed by atoms with Gasteiger partial charge in [0, 0.05) is 18.9 Å². The van der Waals surface area contributed by atoms with E-state index < -0.39 is 6.04 Å². The second-order valence-electron chi connectivity index (χ2n) is 10.1. The summed E-state index contributed by atoms with van der Waals surface area (Å²) in [5, 5.41) is 14.4. The second kappa shape index (κ2) is 9.17. The number of ether oxygens (including phenoxy) is 1. The number of rotatable bonds is 6. The molecule has 0 bridgehead atoms. The van der Waals surface area contributed by atoms with Crippen LogP contribution in [0.25, 0.3) is 0 Å². The standard InChI is InChI=1S/C25H36N2O3/c1-16(2)30-23(29)21(27-15-17-10-9-11-26-14-17)18-12-19(24(3,4)5)22(28)20(13-18)25(6,7)8/h9-14,16,21,27-28H,15H2,1-8H3. The monoisotopic (exact) mass is 412 g/mol. The second-order valence-corrected chi connectivity index (χ2v) is 10.1. The lowest BCUT2D eigenvalue weighted by atomic mass is 9.77. The van der Waals surface area contributed by atoms with Crippen LogP contribution in [0, 0.1) is 0 Å². The number of carbonyl (C=O) groups excluding carboxylic acids is 1. The number of benzene rings is 1. The lowest BCUT2D eigenvalue weighted by molar-refractivity contribution is -0.150. The third kappa shape index (κ3) is 6.05. The van der Waals surface area contributed by atoms with Crippen molar-refractivity contribution < 1.29 is 14.6 Å². The van der Waals surface area contributed by atoms with E-state index >= 15 is 0 Å². The summed E-state index contributed by atoms with van der Waals surface area (Å²) in [5.41, 5.74) is 2.83. The summed E-state index contributed by atoms with van der Waals surface area (Å²) in [6, 6.07) is 7.02. The number of carbonyl (C=O) groups is 1. The highest BCUT2D eigenvalue weighted by Crippen LogP contribution is 2.41. The van der Waals surface area contributed by atoms with Crippen molar-refractivity contribution in [2.24, 2.45) is 0 Å². The molecular weight excluding hydrogens is 376 g/mol. The van der Waals surface area contributed by atoms with E-state index in [-0.39, 0.29) is 22.9 Å². The highest BCUT2D eigenvalue weighted by atomic mass is 16.5. The number of phenolic OH excluding ortho intramolecular Hbond substituents is 1. The fraction of sp³-hybridized carbons (Fsp3) is 0.520. The maximum Gasteiger partial charge on any atom is 0.328 e. The Labute approximate surface area is 180 Å². The first-order valence-electron chi connectivity index (χ1n) is 10.5. The molecule has 2 rings (SSSR count). The maximum atomic E-state index is 13.0. The van der Waals surface area contributed by atoms with Gasteiger partial charge in [0.25, 0.3) is 0 Å². The smallest absolute Gasteiger partial charge is 0.328 e. The Hall–Kier alpha value is -2.40. The van der Waals surface area contributed by atoms with Crippen molar-refractivity contribution in [3.8, 4) is 5.75 Å². The van der Waals surface area contributed by atoms with Gasteiger partial charge in [-0.2, -0.15) is 0 Å². The Bertz CT molecular complexity index is 827. The fourth-order valence-electron chi connectivity index (χ4n) is 3.33. The molecule has 0 spiro atoms. The molecule has 0 aliphatic rings. The molecule has 5 nitrogen and oxygen atoms in total. The number of aromatic hydroxyl groups is 1. The molecule has 0 fully saturated rings. The summed E-state index contributed by atoms with van der Waals surface area (Å²) in [5.74, 6) is -0.0405. The summed E-state index contributed by atoms with van der Waals surface area (Å²) >= 11 is 0. The number of pyridine rings is 1. The van der Waals surface area contributed by atoms with Crippen molar-refractivity contribution in [2.45, 2.75) is 84.9 Å². The van der Waals surface area contributed by atoms with Crippen LogP contribution in [0.1, 0.15) is 83.7 Å². The number of nitrogens with one attached hydrogen (secondary N) is 1. The molecule has 2 N–H and O–H groups in total. The Morgan fingerprint density at radius 2 is 1.67 bits per heavy atom. The Balaban J connectivity index is 2.56. The average Bonchev–Trinajstić information content (AvgIpc) is 2.61. The number of nitrogens with zero attached hydrogens (tertiary/aromatic N) is 1. The quantitative estimate of drug-likeness (QED) is 0.641. The van der Waals surface area contributed by atoms with Gasteiger partial charge < -0.3 is 9.84 Å². The number of phenols is 1. The number of esters is 1. The summed E-state index contributed by atoms with van der Waals surface area (Å²) in [6.45, 7) is 16.5. The van der Waals surface area contributed by atoms with Crippen molar-refractivity contribution in [3.05, 3.63) is 58.9 Å². The van der Waals surface area contributed by atoms with Crippen LogP contribution in [0.3, 0.4) is 0 Å². The van der Waals surface area contributed by atoms with Crippen molar-refractivity contribution in [3.63, 3.8) is 0 Å². The topological polar surface area (TPSA) is 71.5 Å². The van der Waals surface area contributed by atoms with Gasteiger partial charge in [-0.25, -0.2) is 4.79 Å². The molecule has 1 aromatic carbocycles. The molecular formula is C25H36N2O3. The van der Waals surface area contributed by atoms with Gasteiger partial charge in [0.1, 0.15) is 11.8 Å². The van der Waals surface area contributed by atoms with Gasteiger partial charge in [-0.3, -0.25) is 10.3 Å². The van der Waals surface area contributed by atoms with Crippen LogP contribution in [0.5, 0.6) is 5.75 Å². The van der Waals surface area contributed by atoms with E-state index in [1.165, 1.54) is 0 Å². The Kier molecular flexibility index (Phi) is 7.30. The largest absolute Gasteiger partial charge is 0.507 e. The zero-order chi connectivity index (χ0) is 22.7. The minimum Gasteiger partial charge on any atom is -0.507 e. The van der Waals surface area contributed by atoms with E-state index in [1.807, 2.05) is 38.1 Å². The number of hydrogen-bond donors (Lipinski definition) is 2. The summed E-state index contributed by atoms with van der Waals surface area (Å²) < 4.78 is 5.56. The van der Waals surface area contributed by atoms with Crippen LogP contribution in [0.15, 0.2) is 36.7 Å². The average molecular weight is 413 g/mol. The molecule has 2 aromatic rings. The minimum atomic E-state index is -0.657. The Morgan fingerprint density at radius 1 is 1.10 bits per heavy atom. The number of hydrogen-bond acceptors (Lipinski definition) is 5. The summed E-state index contributed by atoms with van der Waals surface area (Å²) in [6.07, 6.45) is 3.27. The lowest BCUT2D eigenvalue weighted by Crippen LogP contribution is -2.32. The van der Waals surface area contributed by atoms with Crippen LogP contribution >= 0.6 is 0 Å². The van der Waals surface area contributed by atoms with Gasteiger partial charge in [-0.05, 0) is 65.1 Å². The Morgan fingerprint density at radius 3 is 2.10 bits per heavy atom. The predicted molar refractivity (Wildman–Crippen MR) is 121 cm³/mol. The lowest BCUT2D eigenvalue weighted by Gasteiger charge is -2.30. The van der Waals surface area contributed by atoms with E-state index in [1.54, 1.807) is 12.4 Å². The molecule has 1 heterocycles. The minimum absolute atomic E-state index is 0.221. The van der Waals surface area contributed by atoms with Crippen molar-refractivity contribution >= 4 is 5.97 Å². The highest BCUT2D eigenvalue weighted by molar-refractivity contribution is 5.78. The first-order chi connectivity index (χ1) is 13.8. The molecule has 0 amide bonds. The van der Waals surface area contributed by atoms with Crippen LogP contribution in [-0.2, 0) is 26.9 Å². The zero-order valence-electron chi connectivity index (χ0n) is 19.5. The van der Waals surface area contributed by atoms with Gasteiger partial charge in [0.2, 0.25) is 0 Å². The first kappa shape index (κ1) is 23.9. The van der Waals surface area contributed by atoms with Crippen molar-refractivity contribution in [1.82, 2.24) is 10.3 Å². The summed E-state index contributed by atoms with van der Waals surface area (Å²) in [7, 11) is 0. The van der Waals surface area contributed by atoms with E-state index in [2.05, 4.69) is 51.8 Å². The van der Waals surface area contributed by atoms with Crippen molar-refractivity contribution in [1.29, 1.82) is 0 Å². The van der Waals surface area contributed by atoms with E-state index in [4.69, 9.17) is 4.74 Å². The van der Waals surface area contributed by atoms with E-state index in [0.29, 0.717) is 12.3 Å². The van der Waals surface area contributed by atoms with Crippen LogP contribution in [0.4, 0.5) is 0 Å². The van der Waals surface area contributed by atoms with Crippen molar-refractivity contribution in [2.75, 3.05) is 0 Å². The predicted octanol–water partition coefficient (Wildman–Crippen LogP) is 5.16. The maximum absolute atomic E-state index is 13.0. The normalized spacial score (nSPS) is 13.4. The molecule has 0 saturated carbocycles. The van der Waals surface area contributed by atoms with Crippen LogP contribution < -0.4 is 5.32 Å². The van der Waals surface area contributed by atoms with Gasteiger partial charge in [-0.1, -0.05) is 47.6 Å². The molecule has 1 unspecified atom stereocenters. The zero-order valence-corrected chi connectivity index (χ0v) is 19.5. The van der Waals surface area contributed by atoms with Gasteiger partial charge in [0.15, 0.2) is 0 Å². The SMILES string of the molecule is CC(C)OC(=O)C(NCc1cccnc1)c1cc(C(C)(C)C)c(O)c(C(C)(C)C)c1. The molecule has 164 valence electrons. The molecule has 0 radical (unpaired) electrons. The number of aromatic nitrogens is 1. The highest BCUT2D eigenvalue weighted by Gasteiger charge is 2.31. The van der Waals surface area contributed by atoms with Crippen LogP contribution in [0.2, 0.25) is 0 Å². The van der Waals surface area contributed by atoms with E-state index in [0.717, 1.165) is 22.3 Å². The molecule has 1 aromatic heterocycles. The molecule has 5 heteroatoms. The molecule has 0 aliphatic carbocycles. The molecule has 0 saturated heterocycles. The summed E-state index contributed by atoms with van der Waals surface area (Å²) in [4.78, 5) is 17.2. The first-order valence-corrected chi connectivity index (χ1v) is 10.5. The molecule has 30 heavy (non-hydrogen) atoms. The third-order valence-corrected chi connectivity index (χ3v) is 4.90.